The van der Waals surface area contributed by atoms with E-state index in [1.54, 1.807) is 0 Å². The zero-order valence-electron chi connectivity index (χ0n) is 7.71. The average Bonchev–Trinajstić information content (AvgIpc) is 1.85. The lowest BCUT2D eigenvalue weighted by Crippen LogP contribution is -2.41. The van der Waals surface area contributed by atoms with E-state index in [0.29, 0.717) is 0 Å². The van der Waals surface area contributed by atoms with Crippen LogP contribution < -0.4 is 5.73 Å². The SMILES string of the molecule is CC1CC(C)CN(CCN)C1. The van der Waals surface area contributed by atoms with Crippen LogP contribution in [0.2, 0.25) is 0 Å². The lowest BCUT2D eigenvalue weighted by Gasteiger charge is -2.34. The van der Waals surface area contributed by atoms with Crippen molar-refractivity contribution >= 4 is 0 Å². The van der Waals surface area contributed by atoms with E-state index in [9.17, 15) is 0 Å². The van der Waals surface area contributed by atoms with E-state index in [2.05, 4.69) is 18.7 Å². The molecule has 1 heterocycles. The van der Waals surface area contributed by atoms with Gasteiger partial charge in [-0.1, -0.05) is 13.8 Å². The molecular formula is C9H20N2. The summed E-state index contributed by atoms with van der Waals surface area (Å²) in [5, 5.41) is 0. The van der Waals surface area contributed by atoms with Crippen LogP contribution in [0.15, 0.2) is 0 Å². The second-order valence-corrected chi connectivity index (χ2v) is 3.99. The summed E-state index contributed by atoms with van der Waals surface area (Å²) in [6, 6.07) is 0. The summed E-state index contributed by atoms with van der Waals surface area (Å²) < 4.78 is 0. The van der Waals surface area contributed by atoms with Gasteiger partial charge in [0.2, 0.25) is 0 Å². The van der Waals surface area contributed by atoms with Gasteiger partial charge < -0.3 is 10.6 Å². The predicted octanol–water partition coefficient (Wildman–Crippen LogP) is 0.923. The number of likely N-dealkylation sites (tertiary alicyclic amines) is 1. The quantitative estimate of drug-likeness (QED) is 0.644. The summed E-state index contributed by atoms with van der Waals surface area (Å²) >= 11 is 0. The molecule has 0 aromatic carbocycles. The molecule has 1 fully saturated rings. The molecule has 1 aliphatic rings. The van der Waals surface area contributed by atoms with Gasteiger partial charge in [0.1, 0.15) is 0 Å². The topological polar surface area (TPSA) is 29.3 Å². The molecule has 0 spiro atoms. The fourth-order valence-electron chi connectivity index (χ4n) is 2.16. The Bertz CT molecular complexity index is 104. The maximum atomic E-state index is 5.51. The van der Waals surface area contributed by atoms with Crippen LogP contribution in [0.25, 0.3) is 0 Å². The van der Waals surface area contributed by atoms with Gasteiger partial charge in [0, 0.05) is 26.2 Å². The zero-order chi connectivity index (χ0) is 8.27. The first kappa shape index (κ1) is 9.01. The highest BCUT2D eigenvalue weighted by Crippen LogP contribution is 2.19. The summed E-state index contributed by atoms with van der Waals surface area (Å²) in [5.41, 5.74) is 5.51. The molecule has 0 bridgehead atoms. The monoisotopic (exact) mass is 156 g/mol. The van der Waals surface area contributed by atoms with Gasteiger partial charge in [0.05, 0.1) is 0 Å². The smallest absolute Gasteiger partial charge is 0.0105 e. The van der Waals surface area contributed by atoms with E-state index in [1.807, 2.05) is 0 Å². The maximum absolute atomic E-state index is 5.51. The van der Waals surface area contributed by atoms with Crippen molar-refractivity contribution in [1.29, 1.82) is 0 Å². The van der Waals surface area contributed by atoms with Crippen molar-refractivity contribution in [2.24, 2.45) is 17.6 Å². The van der Waals surface area contributed by atoms with Crippen LogP contribution in [-0.4, -0.2) is 31.1 Å². The van der Waals surface area contributed by atoms with Gasteiger partial charge in [0.25, 0.3) is 0 Å². The minimum Gasteiger partial charge on any atom is -0.329 e. The highest BCUT2D eigenvalue weighted by atomic mass is 15.1. The van der Waals surface area contributed by atoms with Crippen LogP contribution in [-0.2, 0) is 0 Å². The molecule has 0 radical (unpaired) electrons. The minimum absolute atomic E-state index is 0.805. The van der Waals surface area contributed by atoms with Gasteiger partial charge in [-0.2, -0.15) is 0 Å². The normalized spacial score (nSPS) is 34.1. The predicted molar refractivity (Wildman–Crippen MR) is 48.4 cm³/mol. The van der Waals surface area contributed by atoms with Crippen molar-refractivity contribution < 1.29 is 0 Å². The Balaban J connectivity index is 2.30. The van der Waals surface area contributed by atoms with Crippen molar-refractivity contribution in [2.45, 2.75) is 20.3 Å². The summed E-state index contributed by atoms with van der Waals surface area (Å²) in [7, 11) is 0. The van der Waals surface area contributed by atoms with Crippen LogP contribution in [0.3, 0.4) is 0 Å². The molecule has 2 N–H and O–H groups in total. The highest BCUT2D eigenvalue weighted by molar-refractivity contribution is 4.74. The van der Waals surface area contributed by atoms with E-state index in [-0.39, 0.29) is 0 Å². The van der Waals surface area contributed by atoms with Crippen molar-refractivity contribution in [3.63, 3.8) is 0 Å². The molecule has 2 nitrogen and oxygen atoms in total. The fourth-order valence-corrected chi connectivity index (χ4v) is 2.16. The van der Waals surface area contributed by atoms with Gasteiger partial charge in [-0.05, 0) is 18.3 Å². The highest BCUT2D eigenvalue weighted by Gasteiger charge is 2.20. The molecule has 0 saturated carbocycles. The summed E-state index contributed by atoms with van der Waals surface area (Å²) in [5.74, 6) is 1.73. The number of hydrogen-bond acceptors (Lipinski definition) is 2. The second kappa shape index (κ2) is 4.07. The molecule has 0 aromatic heterocycles. The van der Waals surface area contributed by atoms with Gasteiger partial charge in [-0.25, -0.2) is 0 Å². The molecule has 1 rings (SSSR count). The number of nitrogens with two attached hydrogens (primary N) is 1. The van der Waals surface area contributed by atoms with Gasteiger partial charge >= 0.3 is 0 Å². The Morgan fingerprint density at radius 1 is 1.27 bits per heavy atom. The molecule has 1 aliphatic heterocycles. The van der Waals surface area contributed by atoms with Gasteiger partial charge in [0.15, 0.2) is 0 Å². The van der Waals surface area contributed by atoms with E-state index < -0.39 is 0 Å². The molecule has 2 heteroatoms. The Hall–Kier alpha value is -0.0800. The Morgan fingerprint density at radius 2 is 1.82 bits per heavy atom. The van der Waals surface area contributed by atoms with Crippen LogP contribution in [0.1, 0.15) is 20.3 Å². The third-order valence-corrected chi connectivity index (χ3v) is 2.39. The van der Waals surface area contributed by atoms with E-state index >= 15 is 0 Å². The fraction of sp³-hybridized carbons (Fsp3) is 1.00. The van der Waals surface area contributed by atoms with Gasteiger partial charge in [-0.15, -0.1) is 0 Å². The third-order valence-electron chi connectivity index (χ3n) is 2.39. The van der Waals surface area contributed by atoms with E-state index in [0.717, 1.165) is 24.9 Å². The Morgan fingerprint density at radius 3 is 2.27 bits per heavy atom. The molecule has 0 aliphatic carbocycles. The molecule has 2 unspecified atom stereocenters. The number of hydrogen-bond donors (Lipinski definition) is 1. The maximum Gasteiger partial charge on any atom is 0.0105 e. The standard InChI is InChI=1S/C9H20N2/c1-8-5-9(2)7-11(6-8)4-3-10/h8-9H,3-7,10H2,1-2H3. The van der Waals surface area contributed by atoms with Crippen molar-refractivity contribution in [1.82, 2.24) is 4.90 Å². The summed E-state index contributed by atoms with van der Waals surface area (Å²) in [4.78, 5) is 2.48. The van der Waals surface area contributed by atoms with Crippen LogP contribution in [0.4, 0.5) is 0 Å². The van der Waals surface area contributed by atoms with Crippen LogP contribution in [0, 0.1) is 11.8 Å². The first-order valence-corrected chi connectivity index (χ1v) is 4.64. The van der Waals surface area contributed by atoms with Crippen molar-refractivity contribution in [2.75, 3.05) is 26.2 Å². The molecule has 0 amide bonds. The Labute approximate surface area is 69.8 Å². The van der Waals surface area contributed by atoms with Crippen LogP contribution in [0.5, 0.6) is 0 Å². The van der Waals surface area contributed by atoms with Gasteiger partial charge in [-0.3, -0.25) is 0 Å². The molecule has 0 aromatic rings. The zero-order valence-corrected chi connectivity index (χ0v) is 7.71. The molecule has 11 heavy (non-hydrogen) atoms. The lowest BCUT2D eigenvalue weighted by atomic mass is 9.92. The molecular weight excluding hydrogens is 136 g/mol. The molecule has 2 atom stereocenters. The number of piperidine rings is 1. The largest absolute Gasteiger partial charge is 0.329 e. The Kier molecular flexibility index (Phi) is 3.34. The summed E-state index contributed by atoms with van der Waals surface area (Å²) in [6.45, 7) is 9.05. The van der Waals surface area contributed by atoms with Crippen LogP contribution >= 0.6 is 0 Å². The molecule has 1 saturated heterocycles. The number of rotatable bonds is 2. The molecule has 66 valence electrons. The minimum atomic E-state index is 0.805. The first-order valence-electron chi connectivity index (χ1n) is 4.64. The second-order valence-electron chi connectivity index (χ2n) is 3.99. The first-order chi connectivity index (χ1) is 5.22. The third kappa shape index (κ3) is 2.80. The number of nitrogens with zero attached hydrogens (tertiary/aromatic N) is 1. The van der Waals surface area contributed by atoms with Crippen molar-refractivity contribution in [3.05, 3.63) is 0 Å². The van der Waals surface area contributed by atoms with E-state index in [1.165, 1.54) is 19.5 Å². The van der Waals surface area contributed by atoms with Crippen molar-refractivity contribution in [3.8, 4) is 0 Å². The lowest BCUT2D eigenvalue weighted by molar-refractivity contribution is 0.145. The summed E-state index contributed by atoms with van der Waals surface area (Å²) in [6.07, 6.45) is 1.39. The van der Waals surface area contributed by atoms with E-state index in [4.69, 9.17) is 5.73 Å². The average molecular weight is 156 g/mol.